The molecule has 0 aliphatic carbocycles. The Labute approximate surface area is 254 Å². The zero-order valence-electron chi connectivity index (χ0n) is 23.4. The summed E-state index contributed by atoms with van der Waals surface area (Å²) in [7, 11) is 0. The smallest absolute Gasteiger partial charge is 0.240 e. The third-order valence-corrected chi connectivity index (χ3v) is 6.78. The van der Waals surface area contributed by atoms with E-state index < -0.39 is 0 Å². The van der Waals surface area contributed by atoms with Crippen LogP contribution in [0.15, 0.2) is 55.5 Å². The number of benzene rings is 2. The van der Waals surface area contributed by atoms with E-state index in [1.807, 2.05) is 36.4 Å². The van der Waals surface area contributed by atoms with Crippen molar-refractivity contribution in [3.05, 3.63) is 56.5 Å². The van der Waals surface area contributed by atoms with E-state index in [0.29, 0.717) is 26.1 Å². The molecular weight excluding hydrogens is 640 g/mol. The summed E-state index contributed by atoms with van der Waals surface area (Å²) in [5, 5.41) is 8.17. The lowest BCUT2D eigenvalue weighted by Crippen LogP contribution is -2.17. The number of nitrogens with zero attached hydrogens (tertiary/aromatic N) is 2. The molecule has 40 heavy (non-hydrogen) atoms. The van der Waals surface area contributed by atoms with Gasteiger partial charge in [0.05, 0.1) is 25.6 Å². The summed E-state index contributed by atoms with van der Waals surface area (Å²) in [6.07, 6.45) is 11.2. The van der Waals surface area contributed by atoms with Crippen molar-refractivity contribution in [1.29, 1.82) is 0 Å². The van der Waals surface area contributed by atoms with Crippen molar-refractivity contribution in [1.82, 2.24) is 10.9 Å². The van der Waals surface area contributed by atoms with Crippen molar-refractivity contribution in [2.45, 2.75) is 78.1 Å². The molecule has 2 amide bonds. The van der Waals surface area contributed by atoms with Crippen LogP contribution in [0.2, 0.25) is 0 Å². The number of carbonyl (C=O) groups is 2. The van der Waals surface area contributed by atoms with Gasteiger partial charge in [-0.3, -0.25) is 9.59 Å². The number of unbranched alkanes of at least 4 members (excludes halogenated alkanes) is 5. The van der Waals surface area contributed by atoms with Crippen LogP contribution in [0.5, 0.6) is 11.5 Å². The number of hydrogen-bond donors (Lipinski definition) is 2. The molecule has 0 saturated heterocycles. The standard InChI is InChI=1S/C30H40Br2N4O4/c1-3-5-17-39-27-15-13-25(31)19-23(27)21-33-35-29(37)11-9-7-8-10-12-30(38)36-34-22-24-20-26(32)14-16-28(24)40-18-6-4-2/h13-16,19-22H,3-12,17-18H2,1-2H3,(H,35,37)(H,36,38). The monoisotopic (exact) mass is 678 g/mol. The fourth-order valence-electron chi connectivity index (χ4n) is 3.54. The second-order valence-corrected chi connectivity index (χ2v) is 11.1. The molecule has 8 nitrogen and oxygen atoms in total. The first-order valence-corrected chi connectivity index (χ1v) is 15.5. The molecule has 2 N–H and O–H groups in total. The van der Waals surface area contributed by atoms with Crippen LogP contribution in [0, 0.1) is 0 Å². The summed E-state index contributed by atoms with van der Waals surface area (Å²) in [6, 6.07) is 11.4. The van der Waals surface area contributed by atoms with Gasteiger partial charge in [-0.1, -0.05) is 71.4 Å². The van der Waals surface area contributed by atoms with E-state index in [4.69, 9.17) is 9.47 Å². The van der Waals surface area contributed by atoms with Crippen molar-refractivity contribution in [3.63, 3.8) is 0 Å². The molecule has 2 aromatic rings. The second-order valence-electron chi connectivity index (χ2n) is 9.27. The molecule has 0 aromatic heterocycles. The molecule has 0 atom stereocenters. The number of rotatable bonds is 19. The minimum absolute atomic E-state index is 0.141. The van der Waals surface area contributed by atoms with Crippen molar-refractivity contribution in [2.75, 3.05) is 13.2 Å². The highest BCUT2D eigenvalue weighted by Crippen LogP contribution is 2.23. The molecule has 0 fully saturated rings. The van der Waals surface area contributed by atoms with Crippen molar-refractivity contribution in [3.8, 4) is 11.5 Å². The van der Waals surface area contributed by atoms with Crippen molar-refractivity contribution >= 4 is 56.1 Å². The fourth-order valence-corrected chi connectivity index (χ4v) is 4.30. The van der Waals surface area contributed by atoms with Gasteiger partial charge in [0, 0.05) is 32.9 Å². The van der Waals surface area contributed by atoms with Gasteiger partial charge in [0.25, 0.3) is 0 Å². The van der Waals surface area contributed by atoms with Gasteiger partial charge in [-0.15, -0.1) is 0 Å². The van der Waals surface area contributed by atoms with Gasteiger partial charge >= 0.3 is 0 Å². The summed E-state index contributed by atoms with van der Waals surface area (Å²) in [4.78, 5) is 24.3. The Balaban J connectivity index is 1.63. The molecule has 0 saturated carbocycles. The Morgan fingerprint density at radius 3 is 1.52 bits per heavy atom. The Hall–Kier alpha value is -2.72. The average molecular weight is 680 g/mol. The Morgan fingerprint density at radius 1 is 0.700 bits per heavy atom. The summed E-state index contributed by atoms with van der Waals surface area (Å²) in [5.74, 6) is 1.19. The van der Waals surface area contributed by atoms with Crippen LogP contribution in [-0.2, 0) is 9.59 Å². The molecule has 0 heterocycles. The van der Waals surface area contributed by atoms with Crippen LogP contribution in [0.3, 0.4) is 0 Å². The maximum absolute atomic E-state index is 12.1. The number of halogens is 2. The molecular formula is C30H40Br2N4O4. The summed E-state index contributed by atoms with van der Waals surface area (Å²) in [6.45, 7) is 5.51. The van der Waals surface area contributed by atoms with E-state index in [9.17, 15) is 9.59 Å². The Bertz CT molecular complexity index is 1040. The third kappa shape index (κ3) is 14.1. The lowest BCUT2D eigenvalue weighted by atomic mass is 10.1. The first-order chi connectivity index (χ1) is 19.4. The van der Waals surface area contributed by atoms with Gasteiger partial charge in [0.2, 0.25) is 11.8 Å². The number of hydrazone groups is 2. The molecule has 0 unspecified atom stereocenters. The predicted octanol–water partition coefficient (Wildman–Crippen LogP) is 7.51. The molecule has 0 spiro atoms. The van der Waals surface area contributed by atoms with Crippen molar-refractivity contribution < 1.29 is 19.1 Å². The highest BCUT2D eigenvalue weighted by atomic mass is 79.9. The number of nitrogens with one attached hydrogen (secondary N) is 2. The molecule has 10 heteroatoms. The topological polar surface area (TPSA) is 101 Å². The van der Waals surface area contributed by atoms with Crippen LogP contribution in [0.1, 0.15) is 89.2 Å². The SMILES string of the molecule is CCCCOc1ccc(Br)cc1C=NNC(=O)CCCCCCC(=O)NN=Cc1cc(Br)ccc1OCCCC. The van der Waals surface area contributed by atoms with E-state index in [1.54, 1.807) is 12.4 Å². The summed E-state index contributed by atoms with van der Waals surface area (Å²) >= 11 is 6.91. The highest BCUT2D eigenvalue weighted by molar-refractivity contribution is 9.10. The summed E-state index contributed by atoms with van der Waals surface area (Å²) in [5.41, 5.74) is 6.75. The minimum atomic E-state index is -0.141. The molecule has 0 aliphatic rings. The van der Waals surface area contributed by atoms with Crippen LogP contribution >= 0.6 is 31.9 Å². The van der Waals surface area contributed by atoms with Crippen LogP contribution in [0.25, 0.3) is 0 Å². The average Bonchev–Trinajstić information content (AvgIpc) is 2.93. The Kier molecular flexibility index (Phi) is 16.9. The van der Waals surface area contributed by atoms with Gasteiger partial charge in [0.15, 0.2) is 0 Å². The van der Waals surface area contributed by atoms with Gasteiger partial charge in [-0.2, -0.15) is 10.2 Å². The largest absolute Gasteiger partial charge is 0.493 e. The first-order valence-electron chi connectivity index (χ1n) is 13.9. The quantitative estimate of drug-likeness (QED) is 0.0912. The maximum Gasteiger partial charge on any atom is 0.240 e. The Morgan fingerprint density at radius 2 is 1.12 bits per heavy atom. The maximum atomic E-state index is 12.1. The number of hydrogen-bond acceptors (Lipinski definition) is 6. The van der Waals surface area contributed by atoms with Crippen LogP contribution < -0.4 is 20.3 Å². The van der Waals surface area contributed by atoms with E-state index in [2.05, 4.69) is 66.8 Å². The molecule has 2 aromatic carbocycles. The van der Waals surface area contributed by atoms with Gasteiger partial charge in [-0.25, -0.2) is 10.9 Å². The summed E-state index contributed by atoms with van der Waals surface area (Å²) < 4.78 is 13.4. The molecule has 0 aliphatic heterocycles. The van der Waals surface area contributed by atoms with E-state index >= 15 is 0 Å². The lowest BCUT2D eigenvalue weighted by Gasteiger charge is -2.09. The minimum Gasteiger partial charge on any atom is -0.493 e. The van der Waals surface area contributed by atoms with E-state index in [1.165, 1.54) is 0 Å². The number of amides is 2. The first kappa shape index (κ1) is 33.5. The van der Waals surface area contributed by atoms with Gasteiger partial charge in [-0.05, 0) is 62.1 Å². The molecule has 2 rings (SSSR count). The molecule has 0 bridgehead atoms. The van der Waals surface area contributed by atoms with Crippen molar-refractivity contribution in [2.24, 2.45) is 10.2 Å². The second kappa shape index (κ2) is 20.2. The van der Waals surface area contributed by atoms with Crippen LogP contribution in [0.4, 0.5) is 0 Å². The van der Waals surface area contributed by atoms with E-state index in [0.717, 1.165) is 82.9 Å². The predicted molar refractivity (Wildman–Crippen MR) is 168 cm³/mol. The normalized spacial score (nSPS) is 11.2. The number of carbonyl (C=O) groups excluding carboxylic acids is 2. The lowest BCUT2D eigenvalue weighted by molar-refractivity contribution is -0.122. The third-order valence-electron chi connectivity index (χ3n) is 5.80. The van der Waals surface area contributed by atoms with Crippen LogP contribution in [-0.4, -0.2) is 37.5 Å². The van der Waals surface area contributed by atoms with Gasteiger partial charge in [0.1, 0.15) is 11.5 Å². The zero-order chi connectivity index (χ0) is 29.0. The van der Waals surface area contributed by atoms with Gasteiger partial charge < -0.3 is 9.47 Å². The molecule has 218 valence electrons. The highest BCUT2D eigenvalue weighted by Gasteiger charge is 2.06. The fraction of sp³-hybridized carbons (Fsp3) is 0.467. The zero-order valence-corrected chi connectivity index (χ0v) is 26.6. The van der Waals surface area contributed by atoms with E-state index in [-0.39, 0.29) is 11.8 Å². The molecule has 0 radical (unpaired) electrons. The number of ether oxygens (including phenoxy) is 2.